The van der Waals surface area contributed by atoms with Crippen LogP contribution in [0.1, 0.15) is 24.8 Å². The SMILES string of the molecule is CN(C)C1CCN(C(=O)Oc2cc(F)ccc2/C=C2\SC(N3CCCCN3)=NC2=O)C1. The third-order valence-corrected chi connectivity index (χ3v) is 6.57. The molecule has 2 saturated heterocycles. The molecule has 3 aliphatic heterocycles. The Balaban J connectivity index is 1.48. The summed E-state index contributed by atoms with van der Waals surface area (Å²) in [5.74, 6) is -0.788. The number of amidine groups is 1. The molecule has 1 N–H and O–H groups in total. The third-order valence-electron chi connectivity index (χ3n) is 5.56. The lowest BCUT2D eigenvalue weighted by molar-refractivity contribution is -0.113. The van der Waals surface area contributed by atoms with Gasteiger partial charge in [-0.3, -0.25) is 9.80 Å². The van der Waals surface area contributed by atoms with Crippen LogP contribution in [0.5, 0.6) is 5.75 Å². The Hall–Kier alpha value is -2.43. The van der Waals surface area contributed by atoms with E-state index in [0.717, 1.165) is 32.4 Å². The van der Waals surface area contributed by atoms with Gasteiger partial charge in [0.25, 0.3) is 5.91 Å². The summed E-state index contributed by atoms with van der Waals surface area (Å²) in [4.78, 5) is 33.3. The number of aliphatic imine (C=N–C) groups is 1. The molecule has 3 heterocycles. The van der Waals surface area contributed by atoms with Gasteiger partial charge in [0.1, 0.15) is 11.6 Å². The number of hydrogen-bond donors (Lipinski definition) is 1. The first-order chi connectivity index (χ1) is 14.9. The van der Waals surface area contributed by atoms with E-state index < -0.39 is 11.9 Å². The molecule has 3 aliphatic rings. The Bertz CT molecular complexity index is 930. The van der Waals surface area contributed by atoms with Gasteiger partial charge in [0.2, 0.25) is 0 Å². The van der Waals surface area contributed by atoms with Crippen molar-refractivity contribution < 1.29 is 18.7 Å². The van der Waals surface area contributed by atoms with Gasteiger partial charge in [-0.05, 0) is 63.3 Å². The molecule has 4 rings (SSSR count). The zero-order valence-corrected chi connectivity index (χ0v) is 18.5. The van der Waals surface area contributed by atoms with E-state index >= 15 is 0 Å². The first-order valence-electron chi connectivity index (χ1n) is 10.4. The van der Waals surface area contributed by atoms with E-state index in [1.807, 2.05) is 19.1 Å². The molecule has 1 unspecified atom stereocenters. The molecule has 2 amide bonds. The van der Waals surface area contributed by atoms with Gasteiger partial charge in [0.15, 0.2) is 5.17 Å². The molecule has 1 aromatic carbocycles. The number of carbonyl (C=O) groups excluding carboxylic acids is 2. The minimum atomic E-state index is -0.519. The molecule has 0 radical (unpaired) electrons. The van der Waals surface area contributed by atoms with Crippen molar-refractivity contribution in [1.82, 2.24) is 20.2 Å². The van der Waals surface area contributed by atoms with Crippen LogP contribution in [-0.2, 0) is 4.79 Å². The van der Waals surface area contributed by atoms with Crippen molar-refractivity contribution in [3.63, 3.8) is 0 Å². The lowest BCUT2D eigenvalue weighted by Gasteiger charge is -2.28. The Morgan fingerprint density at radius 1 is 1.35 bits per heavy atom. The molecule has 31 heavy (non-hydrogen) atoms. The van der Waals surface area contributed by atoms with E-state index in [-0.39, 0.29) is 17.7 Å². The van der Waals surface area contributed by atoms with Crippen LogP contribution < -0.4 is 10.2 Å². The summed E-state index contributed by atoms with van der Waals surface area (Å²) in [6, 6.07) is 4.22. The van der Waals surface area contributed by atoms with Gasteiger partial charge in [0, 0.05) is 43.9 Å². The van der Waals surface area contributed by atoms with Crippen LogP contribution in [0, 0.1) is 5.82 Å². The average Bonchev–Trinajstić information content (AvgIpc) is 3.38. The summed E-state index contributed by atoms with van der Waals surface area (Å²) in [5.41, 5.74) is 3.68. The van der Waals surface area contributed by atoms with E-state index in [9.17, 15) is 14.0 Å². The predicted molar refractivity (Wildman–Crippen MR) is 118 cm³/mol. The van der Waals surface area contributed by atoms with Gasteiger partial charge in [-0.1, -0.05) is 0 Å². The van der Waals surface area contributed by atoms with Gasteiger partial charge in [0.05, 0.1) is 4.91 Å². The molecule has 0 aromatic heterocycles. The van der Waals surface area contributed by atoms with Crippen LogP contribution >= 0.6 is 11.8 Å². The number of halogens is 1. The number of likely N-dealkylation sites (N-methyl/N-ethyl adjacent to an activating group) is 1. The maximum Gasteiger partial charge on any atom is 0.415 e. The molecular weight excluding hydrogens is 421 g/mol. The fraction of sp³-hybridized carbons (Fsp3) is 0.476. The molecule has 0 aliphatic carbocycles. The highest BCUT2D eigenvalue weighted by Gasteiger charge is 2.30. The Kier molecular flexibility index (Phi) is 6.59. The molecular formula is C21H26FN5O3S. The largest absolute Gasteiger partial charge is 0.415 e. The molecule has 2 fully saturated rings. The number of amides is 2. The van der Waals surface area contributed by atoms with E-state index in [2.05, 4.69) is 15.3 Å². The van der Waals surface area contributed by atoms with Crippen LogP contribution in [0.2, 0.25) is 0 Å². The number of benzene rings is 1. The maximum atomic E-state index is 13.9. The topological polar surface area (TPSA) is 77.5 Å². The van der Waals surface area contributed by atoms with Crippen molar-refractivity contribution in [1.29, 1.82) is 0 Å². The molecule has 1 atom stereocenters. The standard InChI is InChI=1S/C21H26FN5O3S/c1-25(2)16-7-10-26(13-16)21(29)30-17-12-15(22)6-5-14(17)11-18-19(28)24-20(31-18)27-9-4-3-8-23-27/h5-6,11-12,16,23H,3-4,7-10,13H2,1-2H3/b18-11-. The van der Waals surface area contributed by atoms with Crippen molar-refractivity contribution in [2.24, 2.45) is 4.99 Å². The second kappa shape index (κ2) is 9.37. The number of ether oxygens (including phenoxy) is 1. The molecule has 0 spiro atoms. The fourth-order valence-electron chi connectivity index (χ4n) is 3.71. The molecule has 1 aromatic rings. The smallest absolute Gasteiger partial charge is 0.409 e. The van der Waals surface area contributed by atoms with E-state index in [1.165, 1.54) is 30.0 Å². The number of nitrogens with zero attached hydrogens (tertiary/aromatic N) is 4. The van der Waals surface area contributed by atoms with Crippen molar-refractivity contribution in [3.05, 3.63) is 34.5 Å². The highest BCUT2D eigenvalue weighted by molar-refractivity contribution is 8.18. The Labute approximate surface area is 185 Å². The minimum absolute atomic E-state index is 0.0868. The van der Waals surface area contributed by atoms with Crippen LogP contribution in [0.25, 0.3) is 6.08 Å². The summed E-state index contributed by atoms with van der Waals surface area (Å²) in [6.07, 6.45) is 4.06. The predicted octanol–water partition coefficient (Wildman–Crippen LogP) is 2.53. The third kappa shape index (κ3) is 5.08. The quantitative estimate of drug-likeness (QED) is 0.714. The fourth-order valence-corrected chi connectivity index (χ4v) is 4.62. The van der Waals surface area contributed by atoms with Crippen LogP contribution in [0.15, 0.2) is 28.1 Å². The molecule has 166 valence electrons. The second-order valence-electron chi connectivity index (χ2n) is 7.98. The van der Waals surface area contributed by atoms with E-state index in [4.69, 9.17) is 4.74 Å². The summed E-state index contributed by atoms with van der Waals surface area (Å²) >= 11 is 1.26. The van der Waals surface area contributed by atoms with Gasteiger partial charge >= 0.3 is 6.09 Å². The van der Waals surface area contributed by atoms with Crippen LogP contribution in [-0.4, -0.2) is 78.3 Å². The van der Waals surface area contributed by atoms with Crippen molar-refractivity contribution in [2.45, 2.75) is 25.3 Å². The number of hydrazine groups is 1. The Morgan fingerprint density at radius 3 is 2.90 bits per heavy atom. The Morgan fingerprint density at radius 2 is 2.19 bits per heavy atom. The summed E-state index contributed by atoms with van der Waals surface area (Å²) in [7, 11) is 3.95. The van der Waals surface area contributed by atoms with Gasteiger partial charge in [-0.25, -0.2) is 14.6 Å². The van der Waals surface area contributed by atoms with Crippen LogP contribution in [0.3, 0.4) is 0 Å². The van der Waals surface area contributed by atoms with Gasteiger partial charge in [-0.15, -0.1) is 0 Å². The number of carbonyl (C=O) groups is 2. The molecule has 8 nitrogen and oxygen atoms in total. The monoisotopic (exact) mass is 447 g/mol. The zero-order valence-electron chi connectivity index (χ0n) is 17.6. The first-order valence-corrected chi connectivity index (χ1v) is 11.2. The number of hydrogen-bond acceptors (Lipinski definition) is 7. The van der Waals surface area contributed by atoms with Gasteiger partial charge < -0.3 is 14.5 Å². The summed E-state index contributed by atoms with van der Waals surface area (Å²) < 4.78 is 19.4. The number of rotatable bonds is 3. The van der Waals surface area contributed by atoms with Crippen molar-refractivity contribution in [3.8, 4) is 5.75 Å². The zero-order chi connectivity index (χ0) is 22.0. The number of nitrogens with one attached hydrogen (secondary N) is 1. The lowest BCUT2D eigenvalue weighted by Crippen LogP contribution is -2.45. The van der Waals surface area contributed by atoms with Gasteiger partial charge in [-0.2, -0.15) is 4.99 Å². The van der Waals surface area contributed by atoms with Crippen LogP contribution in [0.4, 0.5) is 9.18 Å². The van der Waals surface area contributed by atoms with E-state index in [1.54, 1.807) is 11.0 Å². The highest BCUT2D eigenvalue weighted by atomic mass is 32.2. The number of thioether (sulfide) groups is 1. The lowest BCUT2D eigenvalue weighted by atomic mass is 10.2. The van der Waals surface area contributed by atoms with Crippen molar-refractivity contribution in [2.75, 3.05) is 40.3 Å². The van der Waals surface area contributed by atoms with Crippen molar-refractivity contribution >= 4 is 35.0 Å². The maximum absolute atomic E-state index is 13.9. The normalized spacial score (nSPS) is 23.1. The summed E-state index contributed by atoms with van der Waals surface area (Å²) in [5, 5.41) is 2.48. The second-order valence-corrected chi connectivity index (χ2v) is 8.99. The molecule has 10 heteroatoms. The highest BCUT2D eigenvalue weighted by Crippen LogP contribution is 2.33. The minimum Gasteiger partial charge on any atom is -0.409 e. The van der Waals surface area contributed by atoms with E-state index in [0.29, 0.717) is 28.7 Å². The average molecular weight is 448 g/mol. The molecule has 0 bridgehead atoms. The number of likely N-dealkylation sites (tertiary alicyclic amines) is 1. The first kappa shape index (κ1) is 21.8. The summed E-state index contributed by atoms with van der Waals surface area (Å²) in [6.45, 7) is 2.78. The molecule has 0 saturated carbocycles.